The van der Waals surface area contributed by atoms with Gasteiger partial charge in [0.15, 0.2) is 5.78 Å². The first-order chi connectivity index (χ1) is 9.83. The van der Waals surface area contributed by atoms with E-state index < -0.39 is 0 Å². The minimum Gasteiger partial charge on any atom is -0.314 e. The van der Waals surface area contributed by atoms with Crippen molar-refractivity contribution < 1.29 is 4.79 Å². The maximum atomic E-state index is 12.3. The summed E-state index contributed by atoms with van der Waals surface area (Å²) in [7, 11) is 0. The summed E-state index contributed by atoms with van der Waals surface area (Å²) in [6.45, 7) is 4.50. The van der Waals surface area contributed by atoms with Crippen LogP contribution in [0.4, 0.5) is 0 Å². The Morgan fingerprint density at radius 2 is 1.80 bits per heavy atom. The average Bonchev–Trinajstić information content (AvgIpc) is 2.48. The Morgan fingerprint density at radius 3 is 2.65 bits per heavy atom. The third-order valence-electron chi connectivity index (χ3n) is 3.88. The van der Waals surface area contributed by atoms with Gasteiger partial charge >= 0.3 is 0 Å². The first-order valence-corrected chi connectivity index (χ1v) is 7.24. The molecule has 1 heterocycles. The van der Waals surface area contributed by atoms with E-state index in [1.165, 1.54) is 10.8 Å². The number of rotatable bonds is 4. The van der Waals surface area contributed by atoms with Gasteiger partial charge in [-0.3, -0.25) is 9.69 Å². The van der Waals surface area contributed by atoms with Crippen molar-refractivity contribution in [2.75, 3.05) is 32.7 Å². The zero-order valence-electron chi connectivity index (χ0n) is 11.6. The Balaban J connectivity index is 1.71. The van der Waals surface area contributed by atoms with Crippen molar-refractivity contribution in [1.82, 2.24) is 10.2 Å². The van der Waals surface area contributed by atoms with Gasteiger partial charge in [-0.1, -0.05) is 42.5 Å². The highest BCUT2D eigenvalue weighted by molar-refractivity contribution is 5.91. The zero-order chi connectivity index (χ0) is 13.8. The van der Waals surface area contributed by atoms with Gasteiger partial charge in [0.1, 0.15) is 0 Å². The Kier molecular flexibility index (Phi) is 4.09. The number of nitrogens with one attached hydrogen (secondary N) is 1. The minimum absolute atomic E-state index is 0.309. The standard InChI is InChI=1S/C17H20N2O/c20-16(13-19-10-8-18-9-11-19)12-15-6-3-5-14-4-1-2-7-17(14)15/h1-7,18H,8-13H2. The van der Waals surface area contributed by atoms with Crippen LogP contribution in [0.15, 0.2) is 42.5 Å². The Labute approximate surface area is 119 Å². The number of fused-ring (bicyclic) bond motifs is 1. The molecule has 3 rings (SSSR count). The maximum Gasteiger partial charge on any atom is 0.151 e. The number of carbonyl (C=O) groups is 1. The van der Waals surface area contributed by atoms with Gasteiger partial charge in [-0.25, -0.2) is 0 Å². The van der Waals surface area contributed by atoms with Crippen LogP contribution in [-0.4, -0.2) is 43.4 Å². The minimum atomic E-state index is 0.309. The van der Waals surface area contributed by atoms with E-state index in [4.69, 9.17) is 0 Å². The molecule has 1 fully saturated rings. The summed E-state index contributed by atoms with van der Waals surface area (Å²) in [4.78, 5) is 14.5. The number of nitrogens with zero attached hydrogens (tertiary/aromatic N) is 1. The van der Waals surface area contributed by atoms with E-state index >= 15 is 0 Å². The van der Waals surface area contributed by atoms with Crippen LogP contribution in [0, 0.1) is 0 Å². The number of hydrogen-bond donors (Lipinski definition) is 1. The van der Waals surface area contributed by atoms with Gasteiger partial charge in [0, 0.05) is 32.6 Å². The first kappa shape index (κ1) is 13.3. The van der Waals surface area contributed by atoms with Gasteiger partial charge in [0.05, 0.1) is 6.54 Å². The molecule has 2 aromatic rings. The van der Waals surface area contributed by atoms with E-state index in [1.807, 2.05) is 18.2 Å². The van der Waals surface area contributed by atoms with Gasteiger partial charge in [-0.2, -0.15) is 0 Å². The number of piperazine rings is 1. The lowest BCUT2D eigenvalue weighted by Crippen LogP contribution is -2.45. The monoisotopic (exact) mass is 268 g/mol. The summed E-state index contributed by atoms with van der Waals surface area (Å²) in [5.41, 5.74) is 1.14. The van der Waals surface area contributed by atoms with Gasteiger partial charge in [0.2, 0.25) is 0 Å². The molecule has 0 aliphatic carbocycles. The van der Waals surface area contributed by atoms with Crippen molar-refractivity contribution in [3.05, 3.63) is 48.0 Å². The molecule has 2 aromatic carbocycles. The second-order valence-electron chi connectivity index (χ2n) is 5.38. The van der Waals surface area contributed by atoms with E-state index in [-0.39, 0.29) is 0 Å². The molecule has 104 valence electrons. The number of hydrogen-bond acceptors (Lipinski definition) is 3. The molecule has 0 radical (unpaired) electrons. The summed E-state index contributed by atoms with van der Waals surface area (Å²) in [6.07, 6.45) is 0.533. The molecule has 1 aliphatic rings. The molecule has 0 amide bonds. The van der Waals surface area contributed by atoms with E-state index in [1.54, 1.807) is 0 Å². The van der Waals surface area contributed by atoms with Crippen LogP contribution in [0.2, 0.25) is 0 Å². The molecule has 0 bridgehead atoms. The summed E-state index contributed by atoms with van der Waals surface area (Å²) < 4.78 is 0. The van der Waals surface area contributed by atoms with Crippen LogP contribution in [0.25, 0.3) is 10.8 Å². The normalized spacial score (nSPS) is 16.4. The molecule has 0 spiro atoms. The van der Waals surface area contributed by atoms with Crippen LogP contribution < -0.4 is 5.32 Å². The van der Waals surface area contributed by atoms with Crippen molar-refractivity contribution in [2.45, 2.75) is 6.42 Å². The lowest BCUT2D eigenvalue weighted by molar-refractivity contribution is -0.119. The highest BCUT2D eigenvalue weighted by atomic mass is 16.1. The lowest BCUT2D eigenvalue weighted by Gasteiger charge is -2.26. The molecular formula is C17H20N2O. The highest BCUT2D eigenvalue weighted by Crippen LogP contribution is 2.19. The zero-order valence-corrected chi connectivity index (χ0v) is 11.6. The molecule has 0 saturated carbocycles. The molecule has 3 nitrogen and oxygen atoms in total. The quantitative estimate of drug-likeness (QED) is 0.918. The number of Topliss-reactive ketones (excluding diaryl/α,β-unsaturated/α-hetero) is 1. The first-order valence-electron chi connectivity index (χ1n) is 7.24. The van der Waals surface area contributed by atoms with E-state index in [9.17, 15) is 4.79 Å². The molecule has 1 saturated heterocycles. The van der Waals surface area contributed by atoms with Crippen molar-refractivity contribution in [1.29, 1.82) is 0 Å². The molecule has 20 heavy (non-hydrogen) atoms. The van der Waals surface area contributed by atoms with Crippen LogP contribution in [0.5, 0.6) is 0 Å². The Hall–Kier alpha value is -1.71. The maximum absolute atomic E-state index is 12.3. The van der Waals surface area contributed by atoms with Gasteiger partial charge in [0.25, 0.3) is 0 Å². The van der Waals surface area contributed by atoms with Gasteiger partial charge in [-0.05, 0) is 16.3 Å². The van der Waals surface area contributed by atoms with E-state index in [2.05, 4.69) is 34.5 Å². The molecular weight excluding hydrogens is 248 g/mol. The predicted molar refractivity (Wildman–Crippen MR) is 82.0 cm³/mol. The van der Waals surface area contributed by atoms with E-state index in [0.29, 0.717) is 18.7 Å². The summed E-state index contributed by atoms with van der Waals surface area (Å²) >= 11 is 0. The number of carbonyl (C=O) groups excluding carboxylic acids is 1. The smallest absolute Gasteiger partial charge is 0.151 e. The van der Waals surface area contributed by atoms with Gasteiger partial charge < -0.3 is 5.32 Å². The van der Waals surface area contributed by atoms with Crippen molar-refractivity contribution in [3.8, 4) is 0 Å². The van der Waals surface area contributed by atoms with Crippen LogP contribution in [-0.2, 0) is 11.2 Å². The van der Waals surface area contributed by atoms with Crippen molar-refractivity contribution in [3.63, 3.8) is 0 Å². The molecule has 3 heteroatoms. The molecule has 0 aromatic heterocycles. The topological polar surface area (TPSA) is 32.3 Å². The predicted octanol–water partition coefficient (Wildman–Crippen LogP) is 1.86. The summed E-state index contributed by atoms with van der Waals surface area (Å²) in [5.74, 6) is 0.309. The largest absolute Gasteiger partial charge is 0.314 e. The fourth-order valence-electron chi connectivity index (χ4n) is 2.83. The molecule has 0 unspecified atom stereocenters. The second-order valence-corrected chi connectivity index (χ2v) is 5.38. The van der Waals surface area contributed by atoms with Crippen molar-refractivity contribution >= 4 is 16.6 Å². The van der Waals surface area contributed by atoms with Crippen LogP contribution in [0.3, 0.4) is 0 Å². The van der Waals surface area contributed by atoms with Crippen LogP contribution >= 0.6 is 0 Å². The van der Waals surface area contributed by atoms with Crippen LogP contribution in [0.1, 0.15) is 5.56 Å². The number of benzene rings is 2. The molecule has 0 atom stereocenters. The third-order valence-corrected chi connectivity index (χ3v) is 3.88. The Morgan fingerprint density at radius 1 is 1.05 bits per heavy atom. The third kappa shape index (κ3) is 3.06. The fourth-order valence-corrected chi connectivity index (χ4v) is 2.83. The lowest BCUT2D eigenvalue weighted by atomic mass is 10.0. The second kappa shape index (κ2) is 6.16. The van der Waals surface area contributed by atoms with Crippen molar-refractivity contribution in [2.24, 2.45) is 0 Å². The Bertz CT molecular complexity index is 597. The highest BCUT2D eigenvalue weighted by Gasteiger charge is 2.14. The van der Waals surface area contributed by atoms with Gasteiger partial charge in [-0.15, -0.1) is 0 Å². The number of ketones is 1. The average molecular weight is 268 g/mol. The summed E-state index contributed by atoms with van der Waals surface area (Å²) in [5, 5.41) is 5.72. The summed E-state index contributed by atoms with van der Waals surface area (Å²) in [6, 6.07) is 14.5. The SMILES string of the molecule is O=C(Cc1cccc2ccccc12)CN1CCNCC1. The molecule has 1 N–H and O–H groups in total. The molecule has 1 aliphatic heterocycles. The van der Waals surface area contributed by atoms with E-state index in [0.717, 1.165) is 31.7 Å². The fraction of sp³-hybridized carbons (Fsp3) is 0.353.